The summed E-state index contributed by atoms with van der Waals surface area (Å²) in [5.41, 5.74) is 2.72. The molecule has 1 aromatic carbocycles. The lowest BCUT2D eigenvalue weighted by molar-refractivity contribution is -0.124. The molecular weight excluding hydrogens is 434 g/mol. The van der Waals surface area contributed by atoms with Crippen LogP contribution in [0.1, 0.15) is 116 Å². The van der Waals surface area contributed by atoms with Crippen molar-refractivity contribution in [3.8, 4) is 0 Å². The van der Waals surface area contributed by atoms with Gasteiger partial charge in [0, 0.05) is 24.4 Å². The maximum Gasteiger partial charge on any atom is 0.137 e. The summed E-state index contributed by atoms with van der Waals surface area (Å²) in [5.74, 6) is 5.20. The quantitative estimate of drug-likeness (QED) is 0.286. The monoisotopic (exact) mass is 485 g/mol. The molecule has 4 atom stereocenters. The Hall–Kier alpha value is -1.06. The van der Waals surface area contributed by atoms with Crippen molar-refractivity contribution in [1.29, 1.82) is 0 Å². The zero-order valence-corrected chi connectivity index (χ0v) is 23.5. The number of unbranched alkanes of at least 4 members (excludes halogenated alkanes) is 3. The van der Waals surface area contributed by atoms with Crippen molar-refractivity contribution < 1.29 is 4.79 Å². The number of Topliss-reactive ketones (excluding diaryl/α,β-unsaturated/α-hetero) is 1. The highest BCUT2D eigenvalue weighted by Crippen LogP contribution is 2.58. The van der Waals surface area contributed by atoms with E-state index in [4.69, 9.17) is 0 Å². The Bertz CT molecular complexity index is 776. The summed E-state index contributed by atoms with van der Waals surface area (Å²) in [6.45, 7) is 11.5. The molecule has 1 N–H and O–H groups in total. The fourth-order valence-corrected chi connectivity index (χ4v) is 10.8. The summed E-state index contributed by atoms with van der Waals surface area (Å²) in [4.78, 5) is 14.5. The number of fused-ring (bicyclic) bond motifs is 2. The first-order valence-electron chi connectivity index (χ1n) is 14.3. The van der Waals surface area contributed by atoms with Gasteiger partial charge in [-0.15, -0.1) is 0 Å². The van der Waals surface area contributed by atoms with Gasteiger partial charge in [-0.1, -0.05) is 71.2 Å². The second-order valence-corrected chi connectivity index (χ2v) is 14.8. The molecule has 2 fully saturated rings. The molecule has 1 aromatic rings. The van der Waals surface area contributed by atoms with Crippen molar-refractivity contribution in [2.24, 2.45) is 5.92 Å². The van der Waals surface area contributed by atoms with Gasteiger partial charge in [-0.3, -0.25) is 4.79 Å². The highest BCUT2D eigenvalue weighted by Gasteiger charge is 2.44. The van der Waals surface area contributed by atoms with Crippen LogP contribution in [0.2, 0.25) is 0 Å². The lowest BCUT2D eigenvalue weighted by Crippen LogP contribution is -2.47. The Labute approximate surface area is 212 Å². The first-order valence-corrected chi connectivity index (χ1v) is 16.4. The number of piperidine rings is 1. The van der Waals surface area contributed by atoms with Crippen LogP contribution >= 0.6 is 10.0 Å². The second kappa shape index (κ2) is 13.3. The van der Waals surface area contributed by atoms with E-state index in [-0.39, 0.29) is 5.92 Å². The van der Waals surface area contributed by atoms with Crippen molar-refractivity contribution in [2.75, 3.05) is 17.3 Å². The van der Waals surface area contributed by atoms with E-state index in [0.29, 0.717) is 30.2 Å². The highest BCUT2D eigenvalue weighted by atomic mass is 32.3. The number of carbonyl (C=O) groups is 1. The average Bonchev–Trinajstić information content (AvgIpc) is 3.24. The van der Waals surface area contributed by atoms with Crippen LogP contribution < -0.4 is 5.32 Å². The van der Waals surface area contributed by atoms with E-state index < -0.39 is 10.0 Å². The maximum absolute atomic E-state index is 12.9. The summed E-state index contributed by atoms with van der Waals surface area (Å²) in [7, 11) is -0.712. The smallest absolute Gasteiger partial charge is 0.137 e. The van der Waals surface area contributed by atoms with Crippen LogP contribution in [0.5, 0.6) is 0 Å². The largest absolute Gasteiger partial charge is 0.310 e. The summed E-state index contributed by atoms with van der Waals surface area (Å²) < 4.78 is 0. The lowest BCUT2D eigenvalue weighted by Gasteiger charge is -2.42. The number of hydrogen-bond acceptors (Lipinski definition) is 2. The minimum absolute atomic E-state index is 0.154. The molecule has 2 bridgehead atoms. The maximum atomic E-state index is 12.9. The summed E-state index contributed by atoms with van der Waals surface area (Å²) >= 11 is 0. The molecular formula is C31H51NOS. The molecule has 2 nitrogen and oxygen atoms in total. The molecule has 4 unspecified atom stereocenters. The Balaban J connectivity index is 1.83. The minimum atomic E-state index is -0.712. The molecule has 2 aliphatic rings. The molecule has 0 aliphatic carbocycles. The van der Waals surface area contributed by atoms with Crippen molar-refractivity contribution >= 4 is 21.9 Å². The van der Waals surface area contributed by atoms with E-state index in [1.54, 1.807) is 4.91 Å². The molecule has 2 saturated heterocycles. The first kappa shape index (κ1) is 27.5. The summed E-state index contributed by atoms with van der Waals surface area (Å²) in [6, 6.07) is 10.3. The SMILES string of the molecule is CCCCS(CCCC)(CCCC)/C(C)=C\c1ccc(C2CC3CCC(N3)C2C(=O)CC)cc1. The van der Waals surface area contributed by atoms with E-state index in [9.17, 15) is 4.79 Å². The molecule has 192 valence electrons. The predicted molar refractivity (Wildman–Crippen MR) is 153 cm³/mol. The van der Waals surface area contributed by atoms with Crippen LogP contribution in [0, 0.1) is 5.92 Å². The highest BCUT2D eigenvalue weighted by molar-refractivity contribution is 8.36. The number of nitrogens with one attached hydrogen (secondary N) is 1. The van der Waals surface area contributed by atoms with Crippen LogP contribution in [0.4, 0.5) is 0 Å². The topological polar surface area (TPSA) is 29.1 Å². The van der Waals surface area contributed by atoms with Crippen LogP contribution in [0.15, 0.2) is 29.2 Å². The van der Waals surface area contributed by atoms with E-state index in [1.807, 2.05) is 6.92 Å². The summed E-state index contributed by atoms with van der Waals surface area (Å²) in [5, 5.41) is 3.73. The second-order valence-electron chi connectivity index (χ2n) is 10.9. The molecule has 0 saturated carbocycles. The Morgan fingerprint density at radius 2 is 1.53 bits per heavy atom. The van der Waals surface area contributed by atoms with Crippen molar-refractivity contribution in [3.63, 3.8) is 0 Å². The van der Waals surface area contributed by atoms with E-state index in [0.717, 1.165) is 12.8 Å². The van der Waals surface area contributed by atoms with Gasteiger partial charge in [-0.2, -0.15) is 0 Å². The number of ketones is 1. The molecule has 0 radical (unpaired) electrons. The third-order valence-corrected chi connectivity index (χ3v) is 13.2. The Morgan fingerprint density at radius 3 is 2.06 bits per heavy atom. The molecule has 34 heavy (non-hydrogen) atoms. The Kier molecular flexibility index (Phi) is 10.8. The number of benzene rings is 1. The van der Waals surface area contributed by atoms with Gasteiger partial charge >= 0.3 is 0 Å². The van der Waals surface area contributed by atoms with E-state index >= 15 is 0 Å². The standard InChI is InChI=1S/C31H51NOS/c1-6-10-19-34(20-11-7-2,21-12-8-3)24(5)22-25-13-15-26(16-14-25)28-23-27-17-18-29(32-27)31(28)30(33)9-4/h13-16,22,27-29,31-32H,6-12,17-21,23H2,1-5H3/b24-22-. The molecule has 0 aromatic heterocycles. The van der Waals surface area contributed by atoms with Crippen LogP contribution in [0.3, 0.4) is 0 Å². The minimum Gasteiger partial charge on any atom is -0.310 e. The van der Waals surface area contributed by atoms with Crippen molar-refractivity contribution in [1.82, 2.24) is 5.32 Å². The van der Waals surface area contributed by atoms with Crippen LogP contribution in [-0.4, -0.2) is 35.1 Å². The van der Waals surface area contributed by atoms with Gasteiger partial charge in [0.2, 0.25) is 0 Å². The zero-order valence-electron chi connectivity index (χ0n) is 22.7. The van der Waals surface area contributed by atoms with Crippen molar-refractivity contribution in [3.05, 3.63) is 40.3 Å². The number of carbonyl (C=O) groups excluding carboxylic acids is 1. The summed E-state index contributed by atoms with van der Waals surface area (Å²) in [6.07, 6.45) is 14.6. The third-order valence-electron chi connectivity index (χ3n) is 8.49. The fraction of sp³-hybridized carbons (Fsp3) is 0.710. The van der Waals surface area contributed by atoms with Gasteiger partial charge in [0.25, 0.3) is 0 Å². The van der Waals surface area contributed by atoms with Gasteiger partial charge in [-0.25, -0.2) is 10.0 Å². The van der Waals surface area contributed by atoms with E-state index in [2.05, 4.69) is 63.4 Å². The van der Waals surface area contributed by atoms with Crippen LogP contribution in [0.25, 0.3) is 6.08 Å². The first-order chi connectivity index (χ1) is 16.5. The molecule has 3 heteroatoms. The lowest BCUT2D eigenvalue weighted by atomic mass is 9.74. The fourth-order valence-electron chi connectivity index (χ4n) is 6.33. The van der Waals surface area contributed by atoms with Crippen LogP contribution in [-0.2, 0) is 4.79 Å². The zero-order chi connectivity index (χ0) is 24.6. The molecule has 2 heterocycles. The third kappa shape index (κ3) is 6.58. The van der Waals surface area contributed by atoms with Gasteiger partial charge in [-0.05, 0) is 90.7 Å². The predicted octanol–water partition coefficient (Wildman–Crippen LogP) is 8.46. The number of hydrogen-bond donors (Lipinski definition) is 1. The van der Waals surface area contributed by atoms with E-state index in [1.165, 1.54) is 73.3 Å². The number of allylic oxidation sites excluding steroid dienone is 1. The molecule has 3 rings (SSSR count). The molecule has 0 spiro atoms. The molecule has 0 amide bonds. The van der Waals surface area contributed by atoms with Crippen molar-refractivity contribution in [2.45, 2.75) is 117 Å². The Morgan fingerprint density at radius 1 is 0.941 bits per heavy atom. The normalized spacial score (nSPS) is 25.5. The van der Waals surface area contributed by atoms with Gasteiger partial charge in [0.05, 0.1) is 0 Å². The van der Waals surface area contributed by atoms with Gasteiger partial charge in [0.15, 0.2) is 0 Å². The number of rotatable bonds is 14. The average molecular weight is 486 g/mol. The molecule has 2 aliphatic heterocycles. The van der Waals surface area contributed by atoms with Gasteiger partial charge in [0.1, 0.15) is 5.78 Å². The van der Waals surface area contributed by atoms with Gasteiger partial charge < -0.3 is 5.32 Å².